The Labute approximate surface area is 108 Å². The molecule has 0 bridgehead atoms. The minimum atomic E-state index is -0.953. The van der Waals surface area contributed by atoms with Crippen molar-refractivity contribution in [1.29, 1.82) is 0 Å². The van der Waals surface area contributed by atoms with E-state index in [9.17, 15) is 4.79 Å². The molecule has 2 aromatic rings. The molecular weight excluding hydrogens is 248 g/mol. The maximum Gasteiger partial charge on any atom is 0.339 e. The van der Waals surface area contributed by atoms with Crippen LogP contribution in [0.3, 0.4) is 0 Å². The van der Waals surface area contributed by atoms with Gasteiger partial charge in [0.1, 0.15) is 5.56 Å². The number of aryl methyl sites for hydroxylation is 1. The fourth-order valence-corrected chi connectivity index (χ4v) is 3.20. The highest BCUT2D eigenvalue weighted by Gasteiger charge is 2.16. The summed E-state index contributed by atoms with van der Waals surface area (Å²) in [5.41, 5.74) is 3.00. The summed E-state index contributed by atoms with van der Waals surface area (Å²) in [6.07, 6.45) is 3.59. The van der Waals surface area contributed by atoms with E-state index in [0.29, 0.717) is 5.69 Å². The molecule has 0 radical (unpaired) electrons. The number of aromatic nitrogens is 2. The standard InChI is InChI=1S/C13H12N2O2S/c16-13(17)10-7-14-15-12(10)9-3-4-11-8(6-9)2-1-5-18-11/h3-4,6-7H,1-2,5H2,(H,14,15)(H,16,17). The summed E-state index contributed by atoms with van der Waals surface area (Å²) >= 11 is 1.86. The van der Waals surface area contributed by atoms with Gasteiger partial charge in [-0.15, -0.1) is 11.8 Å². The van der Waals surface area contributed by atoms with E-state index in [0.717, 1.165) is 17.7 Å². The fourth-order valence-electron chi connectivity index (χ4n) is 2.18. The normalized spacial score (nSPS) is 14.2. The van der Waals surface area contributed by atoms with Crippen LogP contribution in [0.1, 0.15) is 22.3 Å². The molecule has 1 aliphatic rings. The fraction of sp³-hybridized carbons (Fsp3) is 0.231. The average Bonchev–Trinajstić information content (AvgIpc) is 2.87. The number of hydrogen-bond acceptors (Lipinski definition) is 3. The van der Waals surface area contributed by atoms with Gasteiger partial charge < -0.3 is 5.11 Å². The van der Waals surface area contributed by atoms with Crippen LogP contribution in [-0.4, -0.2) is 27.0 Å². The van der Waals surface area contributed by atoms with Gasteiger partial charge in [0.25, 0.3) is 0 Å². The molecule has 3 rings (SSSR count). The van der Waals surface area contributed by atoms with Crippen LogP contribution in [0.2, 0.25) is 0 Å². The molecule has 0 amide bonds. The smallest absolute Gasteiger partial charge is 0.339 e. The van der Waals surface area contributed by atoms with Crippen LogP contribution in [-0.2, 0) is 6.42 Å². The van der Waals surface area contributed by atoms with Crippen LogP contribution in [0, 0.1) is 0 Å². The van der Waals surface area contributed by atoms with Gasteiger partial charge >= 0.3 is 5.97 Å². The van der Waals surface area contributed by atoms with Gasteiger partial charge in [-0.1, -0.05) is 6.07 Å². The number of carbonyl (C=O) groups is 1. The van der Waals surface area contributed by atoms with Crippen molar-refractivity contribution >= 4 is 17.7 Å². The Morgan fingerprint density at radius 1 is 1.44 bits per heavy atom. The van der Waals surface area contributed by atoms with Gasteiger partial charge in [0.2, 0.25) is 0 Å². The number of carboxylic acids is 1. The zero-order valence-corrected chi connectivity index (χ0v) is 10.5. The number of thioether (sulfide) groups is 1. The highest BCUT2D eigenvalue weighted by atomic mass is 32.2. The third-order valence-corrected chi connectivity index (χ3v) is 4.27. The number of H-pyrrole nitrogens is 1. The molecule has 2 heterocycles. The van der Waals surface area contributed by atoms with Crippen molar-refractivity contribution in [2.75, 3.05) is 5.75 Å². The lowest BCUT2D eigenvalue weighted by Crippen LogP contribution is -2.00. The summed E-state index contributed by atoms with van der Waals surface area (Å²) in [7, 11) is 0. The summed E-state index contributed by atoms with van der Waals surface area (Å²) in [4.78, 5) is 12.4. The molecule has 4 nitrogen and oxygen atoms in total. The predicted octanol–water partition coefficient (Wildman–Crippen LogP) is 2.81. The summed E-state index contributed by atoms with van der Waals surface area (Å²) in [6, 6.07) is 6.10. The van der Waals surface area contributed by atoms with Crippen molar-refractivity contribution in [3.63, 3.8) is 0 Å². The highest BCUT2D eigenvalue weighted by Crippen LogP contribution is 2.33. The molecule has 0 atom stereocenters. The molecule has 1 aromatic carbocycles. The Bertz CT molecular complexity index is 607. The molecule has 92 valence electrons. The van der Waals surface area contributed by atoms with Gasteiger partial charge in [-0.2, -0.15) is 5.10 Å². The van der Waals surface area contributed by atoms with Crippen molar-refractivity contribution in [2.24, 2.45) is 0 Å². The lowest BCUT2D eigenvalue weighted by molar-refractivity contribution is 0.0698. The van der Waals surface area contributed by atoms with E-state index in [4.69, 9.17) is 5.11 Å². The van der Waals surface area contributed by atoms with Gasteiger partial charge in [0.15, 0.2) is 0 Å². The molecule has 0 saturated carbocycles. The summed E-state index contributed by atoms with van der Waals surface area (Å²) in [6.45, 7) is 0. The Morgan fingerprint density at radius 3 is 3.17 bits per heavy atom. The average molecular weight is 260 g/mol. The van der Waals surface area contributed by atoms with E-state index in [1.165, 1.54) is 23.1 Å². The Hall–Kier alpha value is -1.75. The molecule has 1 aliphatic heterocycles. The van der Waals surface area contributed by atoms with Crippen molar-refractivity contribution < 1.29 is 9.90 Å². The molecule has 0 spiro atoms. The third kappa shape index (κ3) is 1.90. The number of aromatic amines is 1. The van der Waals surface area contributed by atoms with E-state index in [2.05, 4.69) is 22.3 Å². The second-order valence-corrected chi connectivity index (χ2v) is 5.38. The summed E-state index contributed by atoms with van der Waals surface area (Å²) in [5.74, 6) is 0.211. The van der Waals surface area contributed by atoms with Gasteiger partial charge in [-0.05, 0) is 36.3 Å². The largest absolute Gasteiger partial charge is 0.478 e. The molecular formula is C13H12N2O2S. The van der Waals surface area contributed by atoms with Gasteiger partial charge in [0, 0.05) is 10.5 Å². The van der Waals surface area contributed by atoms with Crippen LogP contribution in [0.25, 0.3) is 11.3 Å². The number of benzene rings is 1. The van der Waals surface area contributed by atoms with Gasteiger partial charge in [-0.25, -0.2) is 4.79 Å². The van der Waals surface area contributed by atoms with E-state index in [1.54, 1.807) is 0 Å². The number of hydrogen-bond donors (Lipinski definition) is 2. The first-order chi connectivity index (χ1) is 8.75. The third-order valence-electron chi connectivity index (χ3n) is 3.07. The first kappa shape index (κ1) is 11.3. The first-order valence-corrected chi connectivity index (χ1v) is 6.77. The molecule has 1 aromatic heterocycles. The number of rotatable bonds is 2. The van der Waals surface area contributed by atoms with E-state index >= 15 is 0 Å². The second-order valence-electron chi connectivity index (χ2n) is 4.24. The maximum absolute atomic E-state index is 11.1. The Balaban J connectivity index is 2.06. The number of carboxylic acid groups (broad SMARTS) is 1. The molecule has 0 aliphatic carbocycles. The summed E-state index contributed by atoms with van der Waals surface area (Å²) in [5, 5.41) is 15.7. The Morgan fingerprint density at radius 2 is 2.33 bits per heavy atom. The van der Waals surface area contributed by atoms with Gasteiger partial charge in [0.05, 0.1) is 11.9 Å². The topological polar surface area (TPSA) is 66.0 Å². The van der Waals surface area contributed by atoms with Crippen molar-refractivity contribution in [2.45, 2.75) is 17.7 Å². The van der Waals surface area contributed by atoms with Crippen LogP contribution in [0.15, 0.2) is 29.3 Å². The van der Waals surface area contributed by atoms with Crippen LogP contribution >= 0.6 is 11.8 Å². The predicted molar refractivity (Wildman–Crippen MR) is 70.0 cm³/mol. The molecule has 5 heteroatoms. The maximum atomic E-state index is 11.1. The van der Waals surface area contributed by atoms with Crippen molar-refractivity contribution in [3.05, 3.63) is 35.5 Å². The van der Waals surface area contributed by atoms with Crippen LogP contribution in [0.4, 0.5) is 0 Å². The zero-order chi connectivity index (χ0) is 12.5. The molecule has 18 heavy (non-hydrogen) atoms. The molecule has 0 unspecified atom stereocenters. The first-order valence-electron chi connectivity index (χ1n) is 5.78. The van der Waals surface area contributed by atoms with Crippen LogP contribution in [0.5, 0.6) is 0 Å². The molecule has 2 N–H and O–H groups in total. The monoisotopic (exact) mass is 260 g/mol. The number of nitrogens with one attached hydrogen (secondary N) is 1. The number of nitrogens with zero attached hydrogens (tertiary/aromatic N) is 1. The van der Waals surface area contributed by atoms with E-state index < -0.39 is 5.97 Å². The highest BCUT2D eigenvalue weighted by molar-refractivity contribution is 7.99. The van der Waals surface area contributed by atoms with Crippen LogP contribution < -0.4 is 0 Å². The lowest BCUT2D eigenvalue weighted by Gasteiger charge is -2.15. The number of fused-ring (bicyclic) bond motifs is 1. The molecule has 0 fully saturated rings. The van der Waals surface area contributed by atoms with Crippen molar-refractivity contribution in [1.82, 2.24) is 10.2 Å². The zero-order valence-electron chi connectivity index (χ0n) is 9.64. The SMILES string of the molecule is O=C(O)c1cn[nH]c1-c1ccc2c(c1)CCCS2. The molecule has 0 saturated heterocycles. The van der Waals surface area contributed by atoms with E-state index in [1.807, 2.05) is 17.8 Å². The number of aromatic carboxylic acids is 1. The second kappa shape index (κ2) is 4.49. The minimum absolute atomic E-state index is 0.221. The van der Waals surface area contributed by atoms with Crippen molar-refractivity contribution in [3.8, 4) is 11.3 Å². The summed E-state index contributed by atoms with van der Waals surface area (Å²) < 4.78 is 0. The minimum Gasteiger partial charge on any atom is -0.478 e. The Kier molecular flexibility index (Phi) is 2.83. The quantitative estimate of drug-likeness (QED) is 0.871. The lowest BCUT2D eigenvalue weighted by atomic mass is 10.0. The van der Waals surface area contributed by atoms with Gasteiger partial charge in [-0.3, -0.25) is 5.10 Å². The van der Waals surface area contributed by atoms with E-state index in [-0.39, 0.29) is 5.56 Å².